The molecular formula is C10H22ClNO2. The summed E-state index contributed by atoms with van der Waals surface area (Å²) < 4.78 is 0. The van der Waals surface area contributed by atoms with E-state index >= 15 is 0 Å². The van der Waals surface area contributed by atoms with Gasteiger partial charge in [0.1, 0.15) is 0 Å². The summed E-state index contributed by atoms with van der Waals surface area (Å²) >= 11 is 0. The molecular weight excluding hydrogens is 202 g/mol. The molecule has 0 atom stereocenters. The second kappa shape index (κ2) is 8.06. The molecule has 0 unspecified atom stereocenters. The SMILES string of the molecule is CC(C)N(CCCC(=O)O)C(C)C.Cl. The molecule has 0 aromatic rings. The molecule has 3 nitrogen and oxygen atoms in total. The monoisotopic (exact) mass is 223 g/mol. The van der Waals surface area contributed by atoms with Gasteiger partial charge in [-0.3, -0.25) is 9.69 Å². The van der Waals surface area contributed by atoms with Gasteiger partial charge in [0.25, 0.3) is 0 Å². The first-order valence-electron chi connectivity index (χ1n) is 4.92. The van der Waals surface area contributed by atoms with Crippen molar-refractivity contribution >= 4 is 18.4 Å². The molecule has 1 N–H and O–H groups in total. The summed E-state index contributed by atoms with van der Waals surface area (Å²) in [6.45, 7) is 9.44. The lowest BCUT2D eigenvalue weighted by atomic mass is 10.2. The lowest BCUT2D eigenvalue weighted by Crippen LogP contribution is -2.37. The Morgan fingerprint density at radius 3 is 1.93 bits per heavy atom. The smallest absolute Gasteiger partial charge is 0.303 e. The fraction of sp³-hybridized carbons (Fsp3) is 0.900. The van der Waals surface area contributed by atoms with Gasteiger partial charge in [-0.2, -0.15) is 0 Å². The van der Waals surface area contributed by atoms with Crippen molar-refractivity contribution in [1.29, 1.82) is 0 Å². The van der Waals surface area contributed by atoms with Crippen LogP contribution in [0.25, 0.3) is 0 Å². The van der Waals surface area contributed by atoms with Crippen LogP contribution in [0.1, 0.15) is 40.5 Å². The predicted molar refractivity (Wildman–Crippen MR) is 61.1 cm³/mol. The van der Waals surface area contributed by atoms with E-state index in [1.807, 2.05) is 0 Å². The molecule has 0 saturated carbocycles. The zero-order chi connectivity index (χ0) is 10.4. The maximum Gasteiger partial charge on any atom is 0.303 e. The van der Waals surface area contributed by atoms with Crippen molar-refractivity contribution in [2.45, 2.75) is 52.6 Å². The van der Waals surface area contributed by atoms with Crippen molar-refractivity contribution in [2.24, 2.45) is 0 Å². The molecule has 4 heteroatoms. The Bertz CT molecular complexity index is 152. The molecule has 0 bridgehead atoms. The minimum atomic E-state index is -0.701. The highest BCUT2D eigenvalue weighted by molar-refractivity contribution is 5.85. The molecule has 0 amide bonds. The van der Waals surface area contributed by atoms with Crippen molar-refractivity contribution in [2.75, 3.05) is 6.54 Å². The van der Waals surface area contributed by atoms with Crippen LogP contribution >= 0.6 is 12.4 Å². The van der Waals surface area contributed by atoms with Crippen LogP contribution in [0.15, 0.2) is 0 Å². The van der Waals surface area contributed by atoms with Crippen molar-refractivity contribution < 1.29 is 9.90 Å². The number of nitrogens with zero attached hydrogens (tertiary/aromatic N) is 1. The number of hydrogen-bond acceptors (Lipinski definition) is 2. The van der Waals surface area contributed by atoms with E-state index in [2.05, 4.69) is 32.6 Å². The number of aliphatic carboxylic acids is 1. The lowest BCUT2D eigenvalue weighted by molar-refractivity contribution is -0.137. The van der Waals surface area contributed by atoms with Crippen LogP contribution in [0, 0.1) is 0 Å². The second-order valence-corrected chi connectivity index (χ2v) is 3.92. The fourth-order valence-corrected chi connectivity index (χ4v) is 1.53. The van der Waals surface area contributed by atoms with E-state index in [1.165, 1.54) is 0 Å². The Hall–Kier alpha value is -0.280. The van der Waals surface area contributed by atoms with Gasteiger partial charge in [-0.25, -0.2) is 0 Å². The number of halogens is 1. The Balaban J connectivity index is 0. The Labute approximate surface area is 92.9 Å². The summed E-state index contributed by atoms with van der Waals surface area (Å²) in [6.07, 6.45) is 1.02. The van der Waals surface area contributed by atoms with E-state index in [-0.39, 0.29) is 18.8 Å². The summed E-state index contributed by atoms with van der Waals surface area (Å²) in [5, 5.41) is 8.49. The number of carboxylic acid groups (broad SMARTS) is 1. The number of carbonyl (C=O) groups is 1. The second-order valence-electron chi connectivity index (χ2n) is 3.92. The molecule has 0 aliphatic carbocycles. The van der Waals surface area contributed by atoms with Gasteiger partial charge in [0.2, 0.25) is 0 Å². The maximum atomic E-state index is 10.3. The van der Waals surface area contributed by atoms with Crippen molar-refractivity contribution in [1.82, 2.24) is 4.90 Å². The summed E-state index contributed by atoms with van der Waals surface area (Å²) in [5.74, 6) is -0.701. The first kappa shape index (κ1) is 16.2. The molecule has 0 heterocycles. The molecule has 86 valence electrons. The van der Waals surface area contributed by atoms with Gasteiger partial charge >= 0.3 is 5.97 Å². The maximum absolute atomic E-state index is 10.3. The summed E-state index contributed by atoms with van der Waals surface area (Å²) in [6, 6.07) is 0.989. The third-order valence-corrected chi connectivity index (χ3v) is 2.13. The van der Waals surface area contributed by atoms with Gasteiger partial charge in [0.15, 0.2) is 0 Å². The molecule has 0 fully saturated rings. The molecule has 14 heavy (non-hydrogen) atoms. The highest BCUT2D eigenvalue weighted by atomic mass is 35.5. The summed E-state index contributed by atoms with van der Waals surface area (Å²) in [7, 11) is 0. The minimum Gasteiger partial charge on any atom is -0.481 e. The zero-order valence-corrected chi connectivity index (χ0v) is 10.3. The van der Waals surface area contributed by atoms with Crippen LogP contribution in [0.3, 0.4) is 0 Å². The Morgan fingerprint density at radius 2 is 1.64 bits per heavy atom. The zero-order valence-electron chi connectivity index (χ0n) is 9.49. The molecule has 0 spiro atoms. The average molecular weight is 224 g/mol. The van der Waals surface area contributed by atoms with Crippen LogP contribution < -0.4 is 0 Å². The van der Waals surface area contributed by atoms with Crippen LogP contribution in [0.4, 0.5) is 0 Å². The summed E-state index contributed by atoms with van der Waals surface area (Å²) in [5.41, 5.74) is 0. The van der Waals surface area contributed by atoms with Gasteiger partial charge in [-0.05, 0) is 40.7 Å². The molecule has 0 aliphatic heterocycles. The molecule has 0 aromatic carbocycles. The molecule has 0 saturated heterocycles. The lowest BCUT2D eigenvalue weighted by Gasteiger charge is -2.30. The molecule has 0 aliphatic rings. The average Bonchev–Trinajstić information content (AvgIpc) is 1.95. The number of hydrogen-bond donors (Lipinski definition) is 1. The minimum absolute atomic E-state index is 0. The highest BCUT2D eigenvalue weighted by Gasteiger charge is 2.12. The number of rotatable bonds is 6. The van der Waals surface area contributed by atoms with E-state index in [1.54, 1.807) is 0 Å². The van der Waals surface area contributed by atoms with Crippen LogP contribution in [-0.2, 0) is 4.79 Å². The van der Waals surface area contributed by atoms with Crippen LogP contribution in [-0.4, -0.2) is 34.6 Å². The first-order chi connectivity index (χ1) is 5.95. The van der Waals surface area contributed by atoms with Crippen molar-refractivity contribution in [3.8, 4) is 0 Å². The quantitative estimate of drug-likeness (QED) is 0.752. The van der Waals surface area contributed by atoms with Gasteiger partial charge in [-0.15, -0.1) is 12.4 Å². The van der Waals surface area contributed by atoms with E-state index < -0.39 is 5.97 Å². The summed E-state index contributed by atoms with van der Waals surface area (Å²) in [4.78, 5) is 12.6. The van der Waals surface area contributed by atoms with Crippen LogP contribution in [0.2, 0.25) is 0 Å². The largest absolute Gasteiger partial charge is 0.481 e. The third-order valence-electron chi connectivity index (χ3n) is 2.13. The van der Waals surface area contributed by atoms with Gasteiger partial charge in [0.05, 0.1) is 0 Å². The third kappa shape index (κ3) is 7.15. The fourth-order valence-electron chi connectivity index (χ4n) is 1.53. The molecule has 0 aromatic heterocycles. The van der Waals surface area contributed by atoms with Crippen molar-refractivity contribution in [3.05, 3.63) is 0 Å². The van der Waals surface area contributed by atoms with E-state index in [0.29, 0.717) is 12.1 Å². The molecule has 0 rings (SSSR count). The Morgan fingerprint density at radius 1 is 1.21 bits per heavy atom. The van der Waals surface area contributed by atoms with E-state index in [9.17, 15) is 4.79 Å². The van der Waals surface area contributed by atoms with Gasteiger partial charge in [-0.1, -0.05) is 0 Å². The van der Waals surface area contributed by atoms with E-state index in [0.717, 1.165) is 13.0 Å². The van der Waals surface area contributed by atoms with Gasteiger partial charge in [0, 0.05) is 18.5 Å². The van der Waals surface area contributed by atoms with Crippen LogP contribution in [0.5, 0.6) is 0 Å². The van der Waals surface area contributed by atoms with Gasteiger partial charge < -0.3 is 5.11 Å². The first-order valence-corrected chi connectivity index (χ1v) is 4.92. The topological polar surface area (TPSA) is 40.5 Å². The predicted octanol–water partition coefficient (Wildman–Crippen LogP) is 2.39. The van der Waals surface area contributed by atoms with Crippen molar-refractivity contribution in [3.63, 3.8) is 0 Å². The standard InChI is InChI=1S/C10H21NO2.ClH/c1-8(2)11(9(3)4)7-5-6-10(12)13;/h8-9H,5-7H2,1-4H3,(H,12,13);1H. The molecule has 0 radical (unpaired) electrons. The number of carboxylic acids is 1. The van der Waals surface area contributed by atoms with E-state index in [4.69, 9.17) is 5.11 Å². The normalized spacial score (nSPS) is 10.8. The Kier molecular flexibility index (Phi) is 9.31. The highest BCUT2D eigenvalue weighted by Crippen LogP contribution is 2.06.